The summed E-state index contributed by atoms with van der Waals surface area (Å²) in [6, 6.07) is 0. The molecule has 9 nitrogen and oxygen atoms in total. The number of esters is 2. The van der Waals surface area contributed by atoms with Gasteiger partial charge in [0.05, 0.1) is 12.2 Å². The summed E-state index contributed by atoms with van der Waals surface area (Å²) in [6.45, 7) is 9.03. The lowest BCUT2D eigenvalue weighted by molar-refractivity contribution is -0.331. The van der Waals surface area contributed by atoms with Gasteiger partial charge in [-0.1, -0.05) is 115 Å². The maximum atomic E-state index is 12.8. The predicted molar refractivity (Wildman–Crippen MR) is 221 cm³/mol. The Bertz CT molecular complexity index is 1250. The van der Waals surface area contributed by atoms with Gasteiger partial charge in [-0.05, 0) is 113 Å². The monoisotopic (exact) mass is 787 g/mol. The molecule has 0 aliphatic heterocycles. The van der Waals surface area contributed by atoms with Crippen molar-refractivity contribution in [2.45, 2.75) is 206 Å². The smallest absolute Gasteiger partial charge is 0.306 e. The molecule has 3 saturated carbocycles. The predicted octanol–water partition coefficient (Wildman–Crippen LogP) is 11.9. The summed E-state index contributed by atoms with van der Waals surface area (Å²) < 4.78 is 18.2. The Kier molecular flexibility index (Phi) is 20.6. The number of rotatable bonds is 27. The molecular weight excluding hydrogens is 709 g/mol. The molecule has 9 heteroatoms. The standard InChI is InChI=1S/C47H78O9/c1-5-7-9-14-17-21-37(22-18-15-12-11-13-16-20-23-44(48)52-34-39(56-51)35-53-50)54-38-29-31-46(3)36(33-38)25-26-40-41-27-28-43(47(41,4)32-30-42(40)46)55-45(49)24-19-10-8-6-2/h17-18,21-22,33,37-43,50-51H,5-16,19-20,23-32,34-35H2,1-4H3/t37?,38?,39?,40-,41-,42-,43-,46-,47-/m0/s1. The van der Waals surface area contributed by atoms with E-state index in [2.05, 4.69) is 67.9 Å². The van der Waals surface area contributed by atoms with E-state index in [0.29, 0.717) is 24.7 Å². The van der Waals surface area contributed by atoms with Gasteiger partial charge in [0, 0.05) is 18.3 Å². The van der Waals surface area contributed by atoms with Crippen LogP contribution in [0.25, 0.3) is 0 Å². The molecule has 56 heavy (non-hydrogen) atoms. The second-order valence-electron chi connectivity index (χ2n) is 18.0. The number of carbonyl (C=O) groups excluding carboxylic acids is 2. The summed E-state index contributed by atoms with van der Waals surface area (Å²) in [6.07, 6.45) is 36.4. The van der Waals surface area contributed by atoms with Crippen LogP contribution in [0.4, 0.5) is 0 Å². The molecule has 4 rings (SSSR count). The van der Waals surface area contributed by atoms with E-state index in [1.807, 2.05) is 0 Å². The minimum atomic E-state index is -0.903. The number of hydrogen-bond acceptors (Lipinski definition) is 9. The molecule has 0 amide bonds. The minimum absolute atomic E-state index is 0.0230. The number of carbonyl (C=O) groups is 2. The second-order valence-corrected chi connectivity index (χ2v) is 18.0. The summed E-state index contributed by atoms with van der Waals surface area (Å²) in [4.78, 5) is 32.8. The van der Waals surface area contributed by atoms with Crippen molar-refractivity contribution in [3.8, 4) is 0 Å². The van der Waals surface area contributed by atoms with Gasteiger partial charge < -0.3 is 14.2 Å². The van der Waals surface area contributed by atoms with Crippen molar-refractivity contribution in [3.63, 3.8) is 0 Å². The maximum absolute atomic E-state index is 12.8. The normalized spacial score (nSPS) is 29.8. The number of allylic oxidation sites excluding steroid dienone is 3. The van der Waals surface area contributed by atoms with Crippen LogP contribution in [0, 0.1) is 28.6 Å². The zero-order valence-electron chi connectivity index (χ0n) is 35.6. The van der Waals surface area contributed by atoms with E-state index in [1.54, 1.807) is 5.57 Å². The summed E-state index contributed by atoms with van der Waals surface area (Å²) >= 11 is 0. The Morgan fingerprint density at radius 1 is 0.768 bits per heavy atom. The molecule has 9 atom stereocenters. The molecule has 0 heterocycles. The van der Waals surface area contributed by atoms with Crippen LogP contribution in [0.2, 0.25) is 0 Å². The van der Waals surface area contributed by atoms with Crippen molar-refractivity contribution >= 4 is 11.9 Å². The second kappa shape index (κ2) is 24.8. The number of fused-ring (bicyclic) bond motifs is 5. The van der Waals surface area contributed by atoms with Crippen LogP contribution in [-0.4, -0.2) is 60.1 Å². The van der Waals surface area contributed by atoms with E-state index in [1.165, 1.54) is 70.6 Å². The van der Waals surface area contributed by atoms with Crippen molar-refractivity contribution < 1.29 is 44.1 Å². The van der Waals surface area contributed by atoms with Crippen molar-refractivity contribution in [3.05, 3.63) is 36.0 Å². The van der Waals surface area contributed by atoms with E-state index < -0.39 is 6.10 Å². The molecule has 0 saturated heterocycles. The van der Waals surface area contributed by atoms with Crippen LogP contribution in [0.3, 0.4) is 0 Å². The highest BCUT2D eigenvalue weighted by atomic mass is 17.1. The molecule has 3 fully saturated rings. The molecule has 4 aliphatic carbocycles. The summed E-state index contributed by atoms with van der Waals surface area (Å²) in [5.74, 6) is 1.77. The maximum Gasteiger partial charge on any atom is 0.306 e. The molecule has 0 bridgehead atoms. The third kappa shape index (κ3) is 13.8. The highest BCUT2D eigenvalue weighted by Gasteiger charge is 2.60. The first kappa shape index (κ1) is 46.6. The molecule has 2 N–H and O–H groups in total. The summed E-state index contributed by atoms with van der Waals surface area (Å²) in [7, 11) is 0. The van der Waals surface area contributed by atoms with Gasteiger partial charge in [0.15, 0.2) is 6.10 Å². The molecule has 0 aromatic rings. The van der Waals surface area contributed by atoms with Crippen LogP contribution in [0.15, 0.2) is 36.0 Å². The SMILES string of the molecule is CCCCCC=CC(C=CCCCCCCCC(=O)OCC(COO)OO)OC1C=C2CC[C@H]3[C@@H]4CC[C@H](OC(=O)CCCCCC)[C@@]4(C)CC[C@@H]3[C@@]2(C)CC1. The molecule has 3 unspecified atom stereocenters. The number of hydrogen-bond donors (Lipinski definition) is 2. The first-order valence-corrected chi connectivity index (χ1v) is 22.8. The van der Waals surface area contributed by atoms with Gasteiger partial charge in [-0.15, -0.1) is 0 Å². The van der Waals surface area contributed by atoms with Gasteiger partial charge in [0.1, 0.15) is 19.3 Å². The highest BCUT2D eigenvalue weighted by Crippen LogP contribution is 2.66. The van der Waals surface area contributed by atoms with E-state index in [0.717, 1.165) is 76.5 Å². The fraction of sp³-hybridized carbons (Fsp3) is 0.830. The van der Waals surface area contributed by atoms with Crippen LogP contribution >= 0.6 is 0 Å². The third-order valence-corrected chi connectivity index (χ3v) is 14.0. The zero-order valence-corrected chi connectivity index (χ0v) is 35.6. The zero-order chi connectivity index (χ0) is 40.2. The Morgan fingerprint density at radius 2 is 1.43 bits per heavy atom. The van der Waals surface area contributed by atoms with Crippen molar-refractivity contribution in [2.24, 2.45) is 28.6 Å². The topological polar surface area (TPSA) is 121 Å². The first-order valence-electron chi connectivity index (χ1n) is 22.8. The molecule has 0 aromatic carbocycles. The van der Waals surface area contributed by atoms with Gasteiger partial charge >= 0.3 is 11.9 Å². The summed E-state index contributed by atoms with van der Waals surface area (Å²) in [5, 5.41) is 17.2. The van der Waals surface area contributed by atoms with Crippen molar-refractivity contribution in [1.29, 1.82) is 0 Å². The van der Waals surface area contributed by atoms with Crippen LogP contribution < -0.4 is 0 Å². The summed E-state index contributed by atoms with van der Waals surface area (Å²) in [5.41, 5.74) is 2.00. The molecule has 0 aromatic heterocycles. The van der Waals surface area contributed by atoms with Crippen LogP contribution in [0.5, 0.6) is 0 Å². The number of unbranched alkanes of at least 4 members (excludes halogenated alkanes) is 11. The van der Waals surface area contributed by atoms with Gasteiger partial charge in [-0.2, -0.15) is 0 Å². The van der Waals surface area contributed by atoms with Gasteiger partial charge in [0.25, 0.3) is 0 Å². The van der Waals surface area contributed by atoms with Crippen molar-refractivity contribution in [2.75, 3.05) is 13.2 Å². The first-order chi connectivity index (χ1) is 27.2. The van der Waals surface area contributed by atoms with Crippen molar-refractivity contribution in [1.82, 2.24) is 0 Å². The van der Waals surface area contributed by atoms with E-state index >= 15 is 0 Å². The Morgan fingerprint density at radius 3 is 2.14 bits per heavy atom. The minimum Gasteiger partial charge on any atom is -0.463 e. The van der Waals surface area contributed by atoms with E-state index in [9.17, 15) is 9.59 Å². The molecule has 0 radical (unpaired) electrons. The lowest BCUT2D eigenvalue weighted by Crippen LogP contribution is -2.52. The molecule has 0 spiro atoms. The third-order valence-electron chi connectivity index (χ3n) is 14.0. The average Bonchev–Trinajstić information content (AvgIpc) is 3.52. The Labute approximate surface area is 339 Å². The van der Waals surface area contributed by atoms with Gasteiger partial charge in [-0.25, -0.2) is 9.78 Å². The lowest BCUT2D eigenvalue weighted by Gasteiger charge is -2.58. The molecule has 320 valence electrons. The van der Waals surface area contributed by atoms with E-state index in [-0.39, 0.29) is 54.3 Å². The Hall–Kier alpha value is -2.04. The highest BCUT2D eigenvalue weighted by molar-refractivity contribution is 5.69. The fourth-order valence-electron chi connectivity index (χ4n) is 10.7. The van der Waals surface area contributed by atoms with Gasteiger partial charge in [-0.3, -0.25) is 20.1 Å². The van der Waals surface area contributed by atoms with Gasteiger partial charge in [0.2, 0.25) is 0 Å². The molecular formula is C47H78O9. The van der Waals surface area contributed by atoms with E-state index in [4.69, 9.17) is 24.7 Å². The Balaban J connectivity index is 1.24. The average molecular weight is 787 g/mol. The largest absolute Gasteiger partial charge is 0.463 e. The number of ether oxygens (including phenoxy) is 3. The quantitative estimate of drug-likeness (QED) is 0.0275. The lowest BCUT2D eigenvalue weighted by atomic mass is 9.47. The molecule has 4 aliphatic rings. The van der Waals surface area contributed by atoms with Crippen LogP contribution in [0.1, 0.15) is 182 Å². The van der Waals surface area contributed by atoms with Crippen LogP contribution in [-0.2, 0) is 33.6 Å². The fourth-order valence-corrected chi connectivity index (χ4v) is 10.7.